The second-order valence-corrected chi connectivity index (χ2v) is 6.35. The topological polar surface area (TPSA) is 26.8 Å². The molecule has 0 spiro atoms. The molecule has 0 radical (unpaired) electrons. The fourth-order valence-electron chi connectivity index (χ4n) is 2.57. The monoisotopic (exact) mass is 327 g/mol. The minimum atomic E-state index is -0.380. The van der Waals surface area contributed by atoms with E-state index in [0.717, 1.165) is 44.7 Å². The summed E-state index contributed by atoms with van der Waals surface area (Å²) in [6.45, 7) is 4.91. The van der Waals surface area contributed by atoms with E-state index in [-0.39, 0.29) is 16.7 Å². The van der Waals surface area contributed by atoms with Crippen molar-refractivity contribution in [2.45, 2.75) is 13.0 Å². The van der Waals surface area contributed by atoms with E-state index in [1.165, 1.54) is 6.07 Å². The average Bonchev–Trinajstić information content (AvgIpc) is 2.68. The van der Waals surface area contributed by atoms with E-state index in [0.29, 0.717) is 6.54 Å². The lowest BCUT2D eigenvalue weighted by atomic mass is 10.2. The number of nitrogens with zero attached hydrogens (tertiary/aromatic N) is 3. The number of carbonyl (C=O) groups is 1. The van der Waals surface area contributed by atoms with Gasteiger partial charge < -0.3 is 4.90 Å². The summed E-state index contributed by atoms with van der Waals surface area (Å²) in [6.07, 6.45) is 1.02. The Morgan fingerprint density at radius 1 is 1.23 bits per heavy atom. The van der Waals surface area contributed by atoms with Gasteiger partial charge in [0.05, 0.1) is 11.6 Å². The number of hydrogen-bond donors (Lipinski definition) is 0. The molecule has 1 aliphatic rings. The SMILES string of the molecule is CN(C)C(=O)CN1CCCN(Cc2ccc(F)c(Cl)c2)CC1. The summed E-state index contributed by atoms with van der Waals surface area (Å²) in [5.74, 6) is -0.242. The minimum Gasteiger partial charge on any atom is -0.348 e. The van der Waals surface area contributed by atoms with Crippen LogP contribution in [0.2, 0.25) is 5.02 Å². The van der Waals surface area contributed by atoms with E-state index in [2.05, 4.69) is 9.80 Å². The first-order valence-electron chi connectivity index (χ1n) is 7.54. The number of rotatable bonds is 4. The number of benzene rings is 1. The third-order valence-electron chi connectivity index (χ3n) is 3.93. The molecular formula is C16H23ClFN3O. The molecule has 6 heteroatoms. The summed E-state index contributed by atoms with van der Waals surface area (Å²) in [4.78, 5) is 17.9. The van der Waals surface area contributed by atoms with Crippen LogP contribution in [-0.2, 0) is 11.3 Å². The molecule has 0 atom stereocenters. The zero-order chi connectivity index (χ0) is 16.1. The van der Waals surface area contributed by atoms with E-state index < -0.39 is 0 Å². The fourth-order valence-corrected chi connectivity index (χ4v) is 2.77. The van der Waals surface area contributed by atoms with E-state index in [1.807, 2.05) is 0 Å². The van der Waals surface area contributed by atoms with Gasteiger partial charge in [0.1, 0.15) is 5.82 Å². The molecule has 22 heavy (non-hydrogen) atoms. The highest BCUT2D eigenvalue weighted by atomic mass is 35.5. The molecule has 4 nitrogen and oxygen atoms in total. The van der Waals surface area contributed by atoms with Crippen LogP contribution in [0.3, 0.4) is 0 Å². The van der Waals surface area contributed by atoms with Crippen molar-refractivity contribution < 1.29 is 9.18 Å². The molecule has 1 heterocycles. The quantitative estimate of drug-likeness (QED) is 0.847. The molecule has 0 saturated carbocycles. The number of likely N-dealkylation sites (N-methyl/N-ethyl adjacent to an activating group) is 1. The molecular weight excluding hydrogens is 305 g/mol. The first kappa shape index (κ1) is 17.2. The molecule has 0 aromatic heterocycles. The highest BCUT2D eigenvalue weighted by molar-refractivity contribution is 6.30. The van der Waals surface area contributed by atoms with Crippen LogP contribution in [0.4, 0.5) is 4.39 Å². The van der Waals surface area contributed by atoms with Crippen LogP contribution in [0.25, 0.3) is 0 Å². The van der Waals surface area contributed by atoms with Crippen LogP contribution in [-0.4, -0.2) is 67.4 Å². The third-order valence-corrected chi connectivity index (χ3v) is 4.22. The number of amides is 1. The molecule has 2 rings (SSSR count). The summed E-state index contributed by atoms with van der Waals surface area (Å²) in [7, 11) is 3.56. The zero-order valence-electron chi connectivity index (χ0n) is 13.2. The molecule has 122 valence electrons. The van der Waals surface area contributed by atoms with E-state index in [9.17, 15) is 9.18 Å². The fraction of sp³-hybridized carbons (Fsp3) is 0.562. The molecule has 0 aliphatic carbocycles. The van der Waals surface area contributed by atoms with Gasteiger partial charge in [-0.3, -0.25) is 14.6 Å². The van der Waals surface area contributed by atoms with E-state index in [1.54, 1.807) is 31.1 Å². The Labute approximate surface area is 136 Å². The van der Waals surface area contributed by atoms with Gasteiger partial charge in [0.25, 0.3) is 0 Å². The number of halogens is 2. The van der Waals surface area contributed by atoms with Crippen molar-refractivity contribution in [1.82, 2.24) is 14.7 Å². The Hall–Kier alpha value is -1.17. The van der Waals surface area contributed by atoms with E-state index >= 15 is 0 Å². The molecule has 1 aliphatic heterocycles. The largest absolute Gasteiger partial charge is 0.348 e. The number of hydrogen-bond acceptors (Lipinski definition) is 3. The van der Waals surface area contributed by atoms with Gasteiger partial charge >= 0.3 is 0 Å². The van der Waals surface area contributed by atoms with Crippen LogP contribution in [0, 0.1) is 5.82 Å². The molecule has 1 saturated heterocycles. The molecule has 0 unspecified atom stereocenters. The van der Waals surface area contributed by atoms with Gasteiger partial charge in [0.15, 0.2) is 0 Å². The summed E-state index contributed by atoms with van der Waals surface area (Å²) in [5, 5.41) is 0.172. The summed E-state index contributed by atoms with van der Waals surface area (Å²) >= 11 is 5.83. The molecule has 1 fully saturated rings. The smallest absolute Gasteiger partial charge is 0.236 e. The van der Waals surface area contributed by atoms with Gasteiger partial charge in [-0.25, -0.2) is 4.39 Å². The van der Waals surface area contributed by atoms with Crippen LogP contribution in [0.5, 0.6) is 0 Å². The van der Waals surface area contributed by atoms with Gasteiger partial charge in [-0.2, -0.15) is 0 Å². The molecule has 1 aromatic rings. The molecule has 1 aromatic carbocycles. The Balaban J connectivity index is 1.87. The zero-order valence-corrected chi connectivity index (χ0v) is 13.9. The van der Waals surface area contributed by atoms with Crippen molar-refractivity contribution in [3.63, 3.8) is 0 Å². The highest BCUT2D eigenvalue weighted by Crippen LogP contribution is 2.18. The summed E-state index contributed by atoms with van der Waals surface area (Å²) in [6, 6.07) is 4.88. The van der Waals surface area contributed by atoms with Gasteiger partial charge in [0.2, 0.25) is 5.91 Å². The molecule has 0 bridgehead atoms. The maximum atomic E-state index is 13.2. The van der Waals surface area contributed by atoms with Gasteiger partial charge in [0, 0.05) is 33.7 Å². The van der Waals surface area contributed by atoms with Crippen molar-refractivity contribution in [2.75, 3.05) is 46.8 Å². The maximum absolute atomic E-state index is 13.2. The predicted molar refractivity (Wildman–Crippen MR) is 86.4 cm³/mol. The first-order valence-corrected chi connectivity index (χ1v) is 7.92. The summed E-state index contributed by atoms with van der Waals surface area (Å²) in [5.41, 5.74) is 1.02. The lowest BCUT2D eigenvalue weighted by molar-refractivity contribution is -0.129. The third kappa shape index (κ3) is 4.93. The Kier molecular flexibility index (Phi) is 6.17. The first-order chi connectivity index (χ1) is 10.5. The lowest BCUT2D eigenvalue weighted by Gasteiger charge is -2.22. The molecule has 0 N–H and O–H groups in total. The van der Waals surface area contributed by atoms with Crippen molar-refractivity contribution >= 4 is 17.5 Å². The number of carbonyl (C=O) groups excluding carboxylic acids is 1. The van der Waals surface area contributed by atoms with Crippen molar-refractivity contribution in [1.29, 1.82) is 0 Å². The van der Waals surface area contributed by atoms with Gasteiger partial charge in [-0.05, 0) is 37.2 Å². The van der Waals surface area contributed by atoms with Gasteiger partial charge in [-0.1, -0.05) is 17.7 Å². The van der Waals surface area contributed by atoms with Crippen molar-refractivity contribution in [3.8, 4) is 0 Å². The Morgan fingerprint density at radius 3 is 2.59 bits per heavy atom. The second-order valence-electron chi connectivity index (χ2n) is 5.94. The summed E-state index contributed by atoms with van der Waals surface area (Å²) < 4.78 is 13.2. The lowest BCUT2D eigenvalue weighted by Crippen LogP contribution is -2.38. The highest BCUT2D eigenvalue weighted by Gasteiger charge is 2.18. The van der Waals surface area contributed by atoms with Crippen molar-refractivity contribution in [2.24, 2.45) is 0 Å². The Morgan fingerprint density at radius 2 is 1.91 bits per heavy atom. The second kappa shape index (κ2) is 7.90. The average molecular weight is 328 g/mol. The van der Waals surface area contributed by atoms with Crippen LogP contribution >= 0.6 is 11.6 Å². The van der Waals surface area contributed by atoms with Crippen LogP contribution in [0.1, 0.15) is 12.0 Å². The van der Waals surface area contributed by atoms with Crippen molar-refractivity contribution in [3.05, 3.63) is 34.6 Å². The predicted octanol–water partition coefficient (Wildman–Crippen LogP) is 2.08. The van der Waals surface area contributed by atoms with E-state index in [4.69, 9.17) is 11.6 Å². The van der Waals surface area contributed by atoms with Gasteiger partial charge in [-0.15, -0.1) is 0 Å². The van der Waals surface area contributed by atoms with Crippen LogP contribution < -0.4 is 0 Å². The normalized spacial score (nSPS) is 17.3. The van der Waals surface area contributed by atoms with Crippen LogP contribution in [0.15, 0.2) is 18.2 Å². The maximum Gasteiger partial charge on any atom is 0.236 e. The Bertz CT molecular complexity index is 524. The molecule has 1 amide bonds. The standard InChI is InChI=1S/C16H23ClFN3O/c1-19(2)16(22)12-21-7-3-6-20(8-9-21)11-13-4-5-15(18)14(17)10-13/h4-5,10H,3,6-9,11-12H2,1-2H3. The minimum absolute atomic E-state index is 0.138.